The maximum Gasteiger partial charge on any atom is 0.160 e. The molecule has 3 aliphatic rings. The molecule has 0 radical (unpaired) electrons. The van der Waals surface area contributed by atoms with Gasteiger partial charge in [0.25, 0.3) is 0 Å². The van der Waals surface area contributed by atoms with Crippen LogP contribution in [0.1, 0.15) is 89.3 Å². The van der Waals surface area contributed by atoms with Crippen LogP contribution in [0.5, 0.6) is 0 Å². The summed E-state index contributed by atoms with van der Waals surface area (Å²) in [6.45, 7) is 8.78. The van der Waals surface area contributed by atoms with E-state index < -0.39 is 0 Å². The third-order valence-electron chi connectivity index (χ3n) is 7.92. The third-order valence-corrected chi connectivity index (χ3v) is 7.92. The number of ether oxygens (including phenoxy) is 1. The minimum absolute atomic E-state index is 0.158. The number of anilines is 1. The molecule has 0 atom stereocenters. The van der Waals surface area contributed by atoms with Gasteiger partial charge in [-0.25, -0.2) is 9.67 Å². The van der Waals surface area contributed by atoms with Gasteiger partial charge >= 0.3 is 0 Å². The molecule has 5 rings (SSSR count). The van der Waals surface area contributed by atoms with Crippen molar-refractivity contribution >= 4 is 22.4 Å². The fourth-order valence-electron chi connectivity index (χ4n) is 5.97. The van der Waals surface area contributed by atoms with Gasteiger partial charge in [-0.2, -0.15) is 5.10 Å². The van der Waals surface area contributed by atoms with Crippen LogP contribution < -0.4 is 5.32 Å². The number of rotatable bonds is 7. The smallest absolute Gasteiger partial charge is 0.160 e. The van der Waals surface area contributed by atoms with Gasteiger partial charge in [0.2, 0.25) is 0 Å². The van der Waals surface area contributed by atoms with Gasteiger partial charge in [0.05, 0.1) is 28.7 Å². The average molecular weight is 454 g/mol. The maximum absolute atomic E-state index is 6.21. The van der Waals surface area contributed by atoms with Crippen molar-refractivity contribution in [1.29, 1.82) is 0 Å². The van der Waals surface area contributed by atoms with Crippen molar-refractivity contribution in [2.75, 3.05) is 18.5 Å². The molecule has 1 N–H and O–H groups in total. The molecule has 1 aliphatic heterocycles. The van der Waals surface area contributed by atoms with E-state index in [9.17, 15) is 0 Å². The molecule has 7 heteroatoms. The van der Waals surface area contributed by atoms with Crippen LogP contribution in [0.15, 0.2) is 11.4 Å². The average Bonchev–Trinajstić information content (AvgIpc) is 3.43. The van der Waals surface area contributed by atoms with E-state index in [0.29, 0.717) is 12.0 Å². The van der Waals surface area contributed by atoms with Gasteiger partial charge in [0.1, 0.15) is 5.60 Å². The molecule has 2 aromatic rings. The molecule has 2 aliphatic carbocycles. The molecule has 0 unspecified atom stereocenters. The predicted molar refractivity (Wildman–Crippen MR) is 132 cm³/mol. The van der Waals surface area contributed by atoms with E-state index in [0.717, 1.165) is 85.6 Å². The lowest BCUT2D eigenvalue weighted by atomic mass is 9.76. The minimum Gasteiger partial charge on any atom is -0.389 e. The number of oxime groups is 1. The fourth-order valence-corrected chi connectivity index (χ4v) is 5.97. The van der Waals surface area contributed by atoms with Crippen molar-refractivity contribution in [2.45, 2.75) is 103 Å². The second-order valence-corrected chi connectivity index (χ2v) is 10.2. The second kappa shape index (κ2) is 9.61. The molecular formula is C26H39N5O2. The lowest BCUT2D eigenvalue weighted by Crippen LogP contribution is -2.35. The van der Waals surface area contributed by atoms with E-state index in [1.807, 2.05) is 10.9 Å². The Kier molecular flexibility index (Phi) is 6.59. The summed E-state index contributed by atoms with van der Waals surface area (Å²) >= 11 is 0. The molecule has 33 heavy (non-hydrogen) atoms. The summed E-state index contributed by atoms with van der Waals surface area (Å²) in [7, 11) is 0. The monoisotopic (exact) mass is 453 g/mol. The van der Waals surface area contributed by atoms with E-state index >= 15 is 0 Å². The lowest BCUT2D eigenvalue weighted by molar-refractivity contribution is -0.0614. The minimum atomic E-state index is -0.158. The van der Waals surface area contributed by atoms with E-state index in [4.69, 9.17) is 19.7 Å². The lowest BCUT2D eigenvalue weighted by Gasteiger charge is -2.34. The Morgan fingerprint density at radius 1 is 1.15 bits per heavy atom. The molecule has 0 aromatic carbocycles. The zero-order valence-electron chi connectivity index (χ0n) is 20.5. The zero-order chi connectivity index (χ0) is 22.8. The third kappa shape index (κ3) is 4.48. The van der Waals surface area contributed by atoms with Crippen LogP contribution in [0.4, 0.5) is 5.69 Å². The van der Waals surface area contributed by atoms with Crippen molar-refractivity contribution in [2.24, 2.45) is 11.1 Å². The van der Waals surface area contributed by atoms with Crippen LogP contribution in [-0.4, -0.2) is 45.3 Å². The van der Waals surface area contributed by atoms with Crippen molar-refractivity contribution in [3.05, 3.63) is 17.5 Å². The SMILES string of the molecule is CCOC[C@H]1CC[C@@]2(CC1)CC(c1c(C)nc3c(cnn3CC)c1NC1CCCCC1)=NO2. The molecule has 1 spiro atoms. The van der Waals surface area contributed by atoms with Crippen molar-refractivity contribution < 1.29 is 9.57 Å². The van der Waals surface area contributed by atoms with Crippen LogP contribution >= 0.6 is 0 Å². The largest absolute Gasteiger partial charge is 0.389 e. The highest BCUT2D eigenvalue weighted by Gasteiger charge is 2.43. The highest BCUT2D eigenvalue weighted by molar-refractivity contribution is 6.11. The molecule has 2 aromatic heterocycles. The second-order valence-electron chi connectivity index (χ2n) is 10.2. The number of aryl methyl sites for hydroxylation is 2. The highest BCUT2D eigenvalue weighted by atomic mass is 16.7. The Bertz CT molecular complexity index is 1000. The van der Waals surface area contributed by atoms with Crippen LogP contribution in [0.2, 0.25) is 0 Å². The first kappa shape index (κ1) is 22.6. The van der Waals surface area contributed by atoms with Crippen molar-refractivity contribution in [3.8, 4) is 0 Å². The van der Waals surface area contributed by atoms with Crippen molar-refractivity contribution in [1.82, 2.24) is 14.8 Å². The maximum atomic E-state index is 6.21. The Morgan fingerprint density at radius 2 is 1.94 bits per heavy atom. The Balaban J connectivity index is 1.43. The number of fused-ring (bicyclic) bond motifs is 1. The Hall–Kier alpha value is -2.15. The molecule has 0 bridgehead atoms. The quantitative estimate of drug-likeness (QED) is 0.591. The van der Waals surface area contributed by atoms with Crippen molar-refractivity contribution in [3.63, 3.8) is 0 Å². The van der Waals surface area contributed by atoms with Gasteiger partial charge in [-0.15, -0.1) is 0 Å². The molecule has 2 fully saturated rings. The molecule has 3 heterocycles. The fraction of sp³-hybridized carbons (Fsp3) is 0.731. The number of nitrogens with one attached hydrogen (secondary N) is 1. The molecule has 0 saturated heterocycles. The summed E-state index contributed by atoms with van der Waals surface area (Å²) in [6, 6.07) is 0.498. The Labute approximate surface area is 197 Å². The predicted octanol–water partition coefficient (Wildman–Crippen LogP) is 5.59. The molecule has 180 valence electrons. The number of pyridine rings is 1. The number of aromatic nitrogens is 3. The topological polar surface area (TPSA) is 73.6 Å². The van der Waals surface area contributed by atoms with Gasteiger partial charge < -0.3 is 14.9 Å². The highest BCUT2D eigenvalue weighted by Crippen LogP contribution is 2.43. The molecule has 0 amide bonds. The van der Waals surface area contributed by atoms with Crippen LogP contribution in [-0.2, 0) is 16.1 Å². The van der Waals surface area contributed by atoms with Crippen LogP contribution in [0.25, 0.3) is 11.0 Å². The first-order valence-corrected chi connectivity index (χ1v) is 13.1. The van der Waals surface area contributed by atoms with E-state index in [1.54, 1.807) is 0 Å². The summed E-state index contributed by atoms with van der Waals surface area (Å²) in [5.74, 6) is 0.645. The summed E-state index contributed by atoms with van der Waals surface area (Å²) in [5.41, 5.74) is 5.16. The number of hydrogen-bond donors (Lipinski definition) is 1. The van der Waals surface area contributed by atoms with Gasteiger partial charge in [-0.1, -0.05) is 24.4 Å². The standard InChI is InChI=1S/C26H39N5O2/c1-4-31-25-21(16-27-31)24(29-20-9-7-6-8-10-20)23(18(3)28-25)22-15-26(33-30-22)13-11-19(12-14-26)17-32-5-2/h16,19-20H,4-15,17H2,1-3H3,(H,28,29)/t19-,26+. The number of nitrogens with zero attached hydrogens (tertiary/aromatic N) is 4. The summed E-state index contributed by atoms with van der Waals surface area (Å²) < 4.78 is 7.67. The van der Waals surface area contributed by atoms with Crippen LogP contribution in [0, 0.1) is 12.8 Å². The summed E-state index contributed by atoms with van der Waals surface area (Å²) in [5, 5.41) is 14.3. The van der Waals surface area contributed by atoms with Gasteiger partial charge in [0, 0.05) is 37.8 Å². The number of hydrogen-bond acceptors (Lipinski definition) is 6. The molecule has 7 nitrogen and oxygen atoms in total. The van der Waals surface area contributed by atoms with E-state index in [2.05, 4.69) is 31.2 Å². The Morgan fingerprint density at radius 3 is 2.67 bits per heavy atom. The molecule has 2 saturated carbocycles. The normalized spacial score (nSPS) is 26.0. The van der Waals surface area contributed by atoms with Crippen LogP contribution in [0.3, 0.4) is 0 Å². The first-order chi connectivity index (χ1) is 16.1. The summed E-state index contributed by atoms with van der Waals surface area (Å²) in [4.78, 5) is 11.2. The first-order valence-electron chi connectivity index (χ1n) is 13.1. The summed E-state index contributed by atoms with van der Waals surface area (Å²) in [6.07, 6.45) is 13.6. The zero-order valence-corrected chi connectivity index (χ0v) is 20.5. The van der Waals surface area contributed by atoms with Gasteiger partial charge in [-0.3, -0.25) is 0 Å². The van der Waals surface area contributed by atoms with Gasteiger partial charge in [0.15, 0.2) is 5.65 Å². The van der Waals surface area contributed by atoms with Gasteiger partial charge in [-0.05, 0) is 65.2 Å². The van der Waals surface area contributed by atoms with E-state index in [-0.39, 0.29) is 5.60 Å². The van der Waals surface area contributed by atoms with E-state index in [1.165, 1.54) is 32.1 Å². The molecular weight excluding hydrogens is 414 g/mol.